The Kier molecular flexibility index (Phi) is 2.81. The monoisotopic (exact) mass is 288 g/mol. The first kappa shape index (κ1) is 13.7. The average molecular weight is 288 g/mol. The molecule has 0 aliphatic heterocycles. The summed E-state index contributed by atoms with van der Waals surface area (Å²) in [5.74, 6) is 2.88. The third kappa shape index (κ3) is 1.71. The van der Waals surface area contributed by atoms with E-state index in [9.17, 15) is 9.59 Å². The molecule has 0 spiro atoms. The number of Topliss-reactive ketones (excluding diaryl/α,β-unsaturated/α-hetero) is 1. The van der Waals surface area contributed by atoms with Gasteiger partial charge in [-0.05, 0) is 67.8 Å². The molecule has 4 aliphatic carbocycles. The van der Waals surface area contributed by atoms with Crippen molar-refractivity contribution in [2.45, 2.75) is 65.2 Å². The molecule has 4 rings (SSSR count). The quantitative estimate of drug-likeness (QED) is 0.664. The first-order valence-corrected chi connectivity index (χ1v) is 8.72. The predicted molar refractivity (Wildman–Crippen MR) is 83.8 cm³/mol. The van der Waals surface area contributed by atoms with Crippen molar-refractivity contribution in [2.75, 3.05) is 0 Å². The lowest BCUT2D eigenvalue weighted by molar-refractivity contribution is -0.132. The van der Waals surface area contributed by atoms with Crippen LogP contribution in [-0.2, 0) is 9.59 Å². The average Bonchev–Trinajstić information content (AvgIpc) is 2.76. The Hall–Kier alpha value is -0.920. The minimum absolute atomic E-state index is 0. The van der Waals surface area contributed by atoms with Crippen LogP contribution in [0.1, 0.15) is 66.6 Å². The predicted octanol–water partition coefficient (Wildman–Crippen LogP) is 4.33. The highest BCUT2D eigenvalue weighted by Gasteiger charge is 2.58. The summed E-state index contributed by atoms with van der Waals surface area (Å²) >= 11 is 0. The fourth-order valence-electron chi connectivity index (χ4n) is 6.33. The summed E-state index contributed by atoms with van der Waals surface area (Å²) in [6, 6.07) is 0. The zero-order valence-electron chi connectivity index (χ0n) is 13.3. The first-order valence-electron chi connectivity index (χ1n) is 8.72. The van der Waals surface area contributed by atoms with Gasteiger partial charge < -0.3 is 0 Å². The van der Waals surface area contributed by atoms with Gasteiger partial charge in [-0.1, -0.05) is 19.4 Å². The van der Waals surface area contributed by atoms with Gasteiger partial charge in [-0.25, -0.2) is 0 Å². The van der Waals surface area contributed by atoms with Crippen LogP contribution in [0.2, 0.25) is 0 Å². The molecule has 0 heterocycles. The highest BCUT2D eigenvalue weighted by molar-refractivity contribution is 5.91. The van der Waals surface area contributed by atoms with Crippen molar-refractivity contribution in [3.63, 3.8) is 0 Å². The summed E-state index contributed by atoms with van der Waals surface area (Å²) in [6.45, 7) is 4.64. The molecule has 3 saturated carbocycles. The SMILES string of the molecule is CC12CC[C@@H]3C(CCC4=CC(=O)CC[C@]43C)[C@H]1CCC2=O.[HH]. The van der Waals surface area contributed by atoms with Gasteiger partial charge in [0.25, 0.3) is 0 Å². The molecule has 0 N–H and O–H groups in total. The second kappa shape index (κ2) is 4.30. The van der Waals surface area contributed by atoms with E-state index in [1.165, 1.54) is 18.4 Å². The third-order valence-electron chi connectivity index (χ3n) is 7.67. The van der Waals surface area contributed by atoms with Crippen LogP contribution >= 0.6 is 0 Å². The van der Waals surface area contributed by atoms with Crippen molar-refractivity contribution >= 4 is 11.6 Å². The summed E-state index contributed by atoms with van der Waals surface area (Å²) in [5, 5.41) is 0. The maximum atomic E-state index is 12.4. The van der Waals surface area contributed by atoms with Crippen LogP contribution in [0.4, 0.5) is 0 Å². The lowest BCUT2D eigenvalue weighted by Crippen LogP contribution is -2.50. The molecule has 0 aromatic carbocycles. The Balaban J connectivity index is 0.00000144. The Morgan fingerprint density at radius 2 is 1.71 bits per heavy atom. The van der Waals surface area contributed by atoms with Gasteiger partial charge in [-0.15, -0.1) is 0 Å². The van der Waals surface area contributed by atoms with E-state index in [2.05, 4.69) is 13.8 Å². The molecule has 4 aliphatic rings. The lowest BCUT2D eigenvalue weighted by Gasteiger charge is -2.56. The van der Waals surface area contributed by atoms with Crippen molar-refractivity contribution in [3.8, 4) is 0 Å². The van der Waals surface area contributed by atoms with Gasteiger partial charge in [0, 0.05) is 19.7 Å². The van der Waals surface area contributed by atoms with E-state index in [1.807, 2.05) is 6.08 Å². The molecule has 3 fully saturated rings. The fraction of sp³-hybridized carbons (Fsp3) is 0.789. The smallest absolute Gasteiger partial charge is 0.155 e. The number of carbonyl (C=O) groups is 2. The molecule has 0 bridgehead atoms. The Labute approximate surface area is 128 Å². The molecule has 0 aromatic heterocycles. The maximum Gasteiger partial charge on any atom is 0.155 e. The minimum Gasteiger partial charge on any atom is -0.299 e. The van der Waals surface area contributed by atoms with Crippen molar-refractivity contribution in [3.05, 3.63) is 11.6 Å². The van der Waals surface area contributed by atoms with Gasteiger partial charge in [0.15, 0.2) is 5.78 Å². The molecule has 2 unspecified atom stereocenters. The van der Waals surface area contributed by atoms with Crippen molar-refractivity contribution in [2.24, 2.45) is 28.6 Å². The molecular formula is C19H28O2. The van der Waals surface area contributed by atoms with Crippen LogP contribution in [0.3, 0.4) is 0 Å². The molecule has 21 heavy (non-hydrogen) atoms. The molecule has 0 saturated heterocycles. The van der Waals surface area contributed by atoms with E-state index < -0.39 is 0 Å². The zero-order chi connectivity index (χ0) is 14.8. The zero-order valence-corrected chi connectivity index (χ0v) is 13.3. The van der Waals surface area contributed by atoms with Gasteiger partial charge in [-0.2, -0.15) is 0 Å². The summed E-state index contributed by atoms with van der Waals surface area (Å²) in [5.41, 5.74) is 1.64. The molecule has 116 valence electrons. The van der Waals surface area contributed by atoms with E-state index in [1.54, 1.807) is 0 Å². The Bertz CT molecular complexity index is 552. The van der Waals surface area contributed by atoms with Crippen LogP contribution in [0.5, 0.6) is 0 Å². The highest BCUT2D eigenvalue weighted by atomic mass is 16.1. The number of hydrogen-bond acceptors (Lipinski definition) is 2. The minimum atomic E-state index is -0.0246. The summed E-state index contributed by atoms with van der Waals surface area (Å²) in [4.78, 5) is 24.1. The van der Waals surface area contributed by atoms with E-state index in [-0.39, 0.29) is 12.3 Å². The van der Waals surface area contributed by atoms with E-state index >= 15 is 0 Å². The third-order valence-corrected chi connectivity index (χ3v) is 7.67. The molecule has 0 radical (unpaired) electrons. The van der Waals surface area contributed by atoms with E-state index in [0.29, 0.717) is 29.3 Å². The first-order chi connectivity index (χ1) is 9.95. The van der Waals surface area contributed by atoms with Crippen LogP contribution < -0.4 is 0 Å². The Morgan fingerprint density at radius 3 is 2.52 bits per heavy atom. The summed E-state index contributed by atoms with van der Waals surface area (Å²) < 4.78 is 0. The topological polar surface area (TPSA) is 34.1 Å². The van der Waals surface area contributed by atoms with Gasteiger partial charge >= 0.3 is 0 Å². The second-order valence-corrected chi connectivity index (χ2v) is 8.39. The van der Waals surface area contributed by atoms with Crippen LogP contribution in [0.25, 0.3) is 0 Å². The van der Waals surface area contributed by atoms with Gasteiger partial charge in [0.05, 0.1) is 0 Å². The molecule has 0 aromatic rings. The number of rotatable bonds is 0. The molecule has 0 amide bonds. The summed E-state index contributed by atoms with van der Waals surface area (Å²) in [7, 11) is 0. The van der Waals surface area contributed by atoms with Crippen molar-refractivity contribution < 1.29 is 11.0 Å². The van der Waals surface area contributed by atoms with Crippen LogP contribution in [0, 0.1) is 28.6 Å². The molecule has 2 nitrogen and oxygen atoms in total. The van der Waals surface area contributed by atoms with E-state index in [4.69, 9.17) is 0 Å². The van der Waals surface area contributed by atoms with Crippen LogP contribution in [-0.4, -0.2) is 11.6 Å². The molecular weight excluding hydrogens is 260 g/mol. The van der Waals surface area contributed by atoms with Gasteiger partial charge in [0.1, 0.15) is 5.78 Å². The summed E-state index contributed by atoms with van der Waals surface area (Å²) in [6.07, 6.45) is 10.2. The number of fused-ring (bicyclic) bond motifs is 5. The largest absolute Gasteiger partial charge is 0.299 e. The Morgan fingerprint density at radius 1 is 0.952 bits per heavy atom. The van der Waals surface area contributed by atoms with Gasteiger partial charge in [0.2, 0.25) is 0 Å². The number of allylic oxidation sites excluding steroid dienone is 1. The maximum absolute atomic E-state index is 12.4. The molecule has 5 atom stereocenters. The molecule has 2 heteroatoms. The second-order valence-electron chi connectivity index (χ2n) is 8.39. The van der Waals surface area contributed by atoms with Crippen LogP contribution in [0.15, 0.2) is 11.6 Å². The fourth-order valence-corrected chi connectivity index (χ4v) is 6.33. The van der Waals surface area contributed by atoms with Crippen molar-refractivity contribution in [1.82, 2.24) is 0 Å². The van der Waals surface area contributed by atoms with Gasteiger partial charge in [-0.3, -0.25) is 9.59 Å². The normalized spacial score (nSPS) is 49.2. The lowest BCUT2D eigenvalue weighted by atomic mass is 9.47. The van der Waals surface area contributed by atoms with E-state index in [0.717, 1.165) is 38.5 Å². The number of hydrogen-bond donors (Lipinski definition) is 0. The number of ketones is 2. The standard InChI is InChI=1S/C19H26O2.H2/c1-18-9-7-13(20)11-12(18)3-4-14-15-5-6-17(21)19(15,2)10-8-16(14)18;/h11,14-16H,3-10H2,1-2H3;1H/t14?,15-,16-,18-,19?;/m1./s1. The number of carbonyl (C=O) groups excluding carboxylic acids is 2. The van der Waals surface area contributed by atoms with Crippen molar-refractivity contribution in [1.29, 1.82) is 0 Å². The highest BCUT2D eigenvalue weighted by Crippen LogP contribution is 2.64.